The summed E-state index contributed by atoms with van der Waals surface area (Å²) in [6.07, 6.45) is 5.22. The van der Waals surface area contributed by atoms with Crippen molar-refractivity contribution in [3.8, 4) is 0 Å². The van der Waals surface area contributed by atoms with Crippen LogP contribution in [0.15, 0.2) is 0 Å². The van der Waals surface area contributed by atoms with Crippen molar-refractivity contribution in [3.05, 3.63) is 11.6 Å². The number of hydrogen-bond donors (Lipinski definition) is 1. The fourth-order valence-electron chi connectivity index (χ4n) is 3.17. The topological polar surface area (TPSA) is 42.7 Å². The molecule has 1 saturated carbocycles. The van der Waals surface area contributed by atoms with Gasteiger partial charge in [-0.25, -0.2) is 0 Å². The highest BCUT2D eigenvalue weighted by Crippen LogP contribution is 2.40. The van der Waals surface area contributed by atoms with Crippen LogP contribution in [0.25, 0.3) is 0 Å². The lowest BCUT2D eigenvalue weighted by Crippen LogP contribution is -2.34. The molecule has 1 aliphatic carbocycles. The van der Waals surface area contributed by atoms with E-state index in [-0.39, 0.29) is 5.41 Å². The van der Waals surface area contributed by atoms with Crippen LogP contribution in [-0.4, -0.2) is 21.3 Å². The molecule has 1 N–H and O–H groups in total. The normalized spacial score (nSPS) is 28.0. The molecule has 2 heterocycles. The van der Waals surface area contributed by atoms with E-state index in [0.29, 0.717) is 6.04 Å². The second-order valence-corrected chi connectivity index (χ2v) is 5.48. The number of hydrogen-bond acceptors (Lipinski definition) is 3. The Labute approximate surface area is 96.4 Å². The van der Waals surface area contributed by atoms with Crippen LogP contribution in [0.3, 0.4) is 0 Å². The van der Waals surface area contributed by atoms with E-state index in [1.54, 1.807) is 0 Å². The molecule has 3 rings (SSSR count). The Morgan fingerprint density at radius 1 is 1.31 bits per heavy atom. The van der Waals surface area contributed by atoms with Crippen molar-refractivity contribution < 1.29 is 0 Å². The Bertz CT molecular complexity index is 390. The van der Waals surface area contributed by atoms with E-state index in [9.17, 15) is 0 Å². The maximum Gasteiger partial charge on any atom is 0.149 e. The lowest BCUT2D eigenvalue weighted by atomic mass is 9.87. The summed E-state index contributed by atoms with van der Waals surface area (Å²) in [4.78, 5) is 0. The lowest BCUT2D eigenvalue weighted by molar-refractivity contribution is 0.385. The highest BCUT2D eigenvalue weighted by atomic mass is 15.3. The standard InChI is InChI=1S/C12H20N4/c1-9-10-14-15-11(16(10)8-7-13-9)12(2)5-3-4-6-12/h9,13H,3-8H2,1-2H3. The highest BCUT2D eigenvalue weighted by Gasteiger charge is 2.37. The molecular weight excluding hydrogens is 200 g/mol. The van der Waals surface area contributed by atoms with Gasteiger partial charge in [-0.3, -0.25) is 0 Å². The zero-order chi connectivity index (χ0) is 11.2. The second-order valence-electron chi connectivity index (χ2n) is 5.48. The van der Waals surface area contributed by atoms with Gasteiger partial charge in [-0.2, -0.15) is 0 Å². The predicted molar refractivity (Wildman–Crippen MR) is 62.3 cm³/mol. The van der Waals surface area contributed by atoms with E-state index < -0.39 is 0 Å². The highest BCUT2D eigenvalue weighted by molar-refractivity contribution is 5.14. The van der Waals surface area contributed by atoms with E-state index in [1.165, 1.54) is 31.5 Å². The Hall–Kier alpha value is -0.900. The maximum atomic E-state index is 4.47. The van der Waals surface area contributed by atoms with Crippen LogP contribution in [-0.2, 0) is 12.0 Å². The van der Waals surface area contributed by atoms with Crippen molar-refractivity contribution in [2.24, 2.45) is 0 Å². The van der Waals surface area contributed by atoms with Gasteiger partial charge in [0.05, 0.1) is 6.04 Å². The minimum absolute atomic E-state index is 0.280. The summed E-state index contributed by atoms with van der Waals surface area (Å²) >= 11 is 0. The largest absolute Gasteiger partial charge is 0.312 e. The van der Waals surface area contributed by atoms with Crippen molar-refractivity contribution in [1.29, 1.82) is 0 Å². The smallest absolute Gasteiger partial charge is 0.149 e. The van der Waals surface area contributed by atoms with Crippen molar-refractivity contribution in [2.75, 3.05) is 6.54 Å². The molecule has 0 aromatic carbocycles. The van der Waals surface area contributed by atoms with Gasteiger partial charge in [-0.15, -0.1) is 10.2 Å². The van der Waals surface area contributed by atoms with Crippen LogP contribution in [0.2, 0.25) is 0 Å². The van der Waals surface area contributed by atoms with E-state index in [4.69, 9.17) is 0 Å². The van der Waals surface area contributed by atoms with Crippen molar-refractivity contribution in [3.63, 3.8) is 0 Å². The summed E-state index contributed by atoms with van der Waals surface area (Å²) in [6, 6.07) is 0.347. The van der Waals surface area contributed by atoms with Crippen molar-refractivity contribution in [1.82, 2.24) is 20.1 Å². The zero-order valence-electron chi connectivity index (χ0n) is 10.2. The summed E-state index contributed by atoms with van der Waals surface area (Å²) in [7, 11) is 0. The summed E-state index contributed by atoms with van der Waals surface area (Å²) in [5.41, 5.74) is 0.280. The van der Waals surface area contributed by atoms with Crippen LogP contribution in [0.1, 0.15) is 57.2 Å². The summed E-state index contributed by atoms with van der Waals surface area (Å²) in [5.74, 6) is 2.35. The molecule has 0 saturated heterocycles. The number of rotatable bonds is 1. The third kappa shape index (κ3) is 1.39. The number of nitrogens with zero attached hydrogens (tertiary/aromatic N) is 3. The quantitative estimate of drug-likeness (QED) is 0.784. The van der Waals surface area contributed by atoms with Crippen LogP contribution < -0.4 is 5.32 Å². The van der Waals surface area contributed by atoms with Gasteiger partial charge in [0.1, 0.15) is 11.6 Å². The number of nitrogens with one attached hydrogen (secondary N) is 1. The van der Waals surface area contributed by atoms with Gasteiger partial charge < -0.3 is 9.88 Å². The van der Waals surface area contributed by atoms with Gasteiger partial charge in [-0.05, 0) is 19.8 Å². The molecule has 1 aliphatic heterocycles. The Morgan fingerprint density at radius 3 is 2.81 bits per heavy atom. The van der Waals surface area contributed by atoms with Gasteiger partial charge >= 0.3 is 0 Å². The Kier molecular flexibility index (Phi) is 2.28. The molecule has 1 fully saturated rings. The Morgan fingerprint density at radius 2 is 2.06 bits per heavy atom. The summed E-state index contributed by atoms with van der Waals surface area (Å²) in [5, 5.41) is 12.3. The molecule has 0 spiro atoms. The fraction of sp³-hybridized carbons (Fsp3) is 0.833. The van der Waals surface area contributed by atoms with Crippen LogP contribution in [0.4, 0.5) is 0 Å². The molecule has 1 aromatic heterocycles. The maximum absolute atomic E-state index is 4.47. The molecule has 1 aromatic rings. The first-order valence-electron chi connectivity index (χ1n) is 6.38. The predicted octanol–water partition coefficient (Wildman–Crippen LogP) is 1.77. The minimum atomic E-state index is 0.280. The molecule has 0 amide bonds. The van der Waals surface area contributed by atoms with E-state index >= 15 is 0 Å². The SMILES string of the molecule is CC1NCCn2c1nnc2C1(C)CCCC1. The molecule has 1 unspecified atom stereocenters. The molecule has 4 heteroatoms. The van der Waals surface area contributed by atoms with Gasteiger partial charge in [0.2, 0.25) is 0 Å². The zero-order valence-corrected chi connectivity index (χ0v) is 10.2. The van der Waals surface area contributed by atoms with Gasteiger partial charge in [-0.1, -0.05) is 19.8 Å². The molecule has 4 nitrogen and oxygen atoms in total. The molecule has 2 aliphatic rings. The second kappa shape index (κ2) is 3.55. The average molecular weight is 220 g/mol. The Balaban J connectivity index is 2.02. The van der Waals surface area contributed by atoms with E-state index in [0.717, 1.165) is 18.9 Å². The number of aromatic nitrogens is 3. The fourth-order valence-corrected chi connectivity index (χ4v) is 3.17. The monoisotopic (exact) mass is 220 g/mol. The summed E-state index contributed by atoms with van der Waals surface area (Å²) < 4.78 is 2.35. The lowest BCUT2D eigenvalue weighted by Gasteiger charge is -2.27. The molecule has 0 radical (unpaired) electrons. The number of fused-ring (bicyclic) bond motifs is 1. The first-order chi connectivity index (χ1) is 7.71. The molecular formula is C12H20N4. The molecule has 1 atom stereocenters. The molecule has 0 bridgehead atoms. The first kappa shape index (κ1) is 10.3. The van der Waals surface area contributed by atoms with Gasteiger partial charge in [0, 0.05) is 18.5 Å². The van der Waals surface area contributed by atoms with E-state index in [2.05, 4.69) is 33.9 Å². The molecule has 16 heavy (non-hydrogen) atoms. The first-order valence-corrected chi connectivity index (χ1v) is 6.38. The third-order valence-electron chi connectivity index (χ3n) is 4.20. The van der Waals surface area contributed by atoms with Crippen LogP contribution in [0, 0.1) is 0 Å². The van der Waals surface area contributed by atoms with Crippen molar-refractivity contribution >= 4 is 0 Å². The molecule has 88 valence electrons. The summed E-state index contributed by atoms with van der Waals surface area (Å²) in [6.45, 7) is 6.58. The van der Waals surface area contributed by atoms with Crippen LogP contribution >= 0.6 is 0 Å². The minimum Gasteiger partial charge on any atom is -0.312 e. The van der Waals surface area contributed by atoms with Gasteiger partial charge in [0.15, 0.2) is 0 Å². The van der Waals surface area contributed by atoms with E-state index in [1.807, 2.05) is 0 Å². The third-order valence-corrected chi connectivity index (χ3v) is 4.20. The van der Waals surface area contributed by atoms with Crippen molar-refractivity contribution in [2.45, 2.75) is 57.5 Å². The van der Waals surface area contributed by atoms with Crippen LogP contribution in [0.5, 0.6) is 0 Å². The van der Waals surface area contributed by atoms with Gasteiger partial charge in [0.25, 0.3) is 0 Å². The average Bonchev–Trinajstić information content (AvgIpc) is 2.85.